The zero-order chi connectivity index (χ0) is 13.8. The summed E-state index contributed by atoms with van der Waals surface area (Å²) in [5.74, 6) is -0.801. The predicted molar refractivity (Wildman–Crippen MR) is 61.0 cm³/mol. The summed E-state index contributed by atoms with van der Waals surface area (Å²) in [5.41, 5.74) is 0.0783. The number of carbonyl (C=O) groups is 1. The van der Waals surface area contributed by atoms with E-state index in [4.69, 9.17) is 5.11 Å². The van der Waals surface area contributed by atoms with Crippen LogP contribution in [0.25, 0.3) is 0 Å². The average Bonchev–Trinajstić information content (AvgIpc) is 2.26. The summed E-state index contributed by atoms with van der Waals surface area (Å²) < 4.78 is 37.2. The zero-order valence-electron chi connectivity index (χ0n) is 9.12. The lowest BCUT2D eigenvalue weighted by atomic mass is 10.2. The van der Waals surface area contributed by atoms with Gasteiger partial charge in [-0.1, -0.05) is 0 Å². The Morgan fingerprint density at radius 2 is 2.17 bits per heavy atom. The van der Waals surface area contributed by atoms with Crippen molar-refractivity contribution >= 4 is 21.8 Å². The van der Waals surface area contributed by atoms with E-state index < -0.39 is 25.2 Å². The molecule has 0 saturated carbocycles. The molecule has 4 nitrogen and oxygen atoms in total. The summed E-state index contributed by atoms with van der Waals surface area (Å²) in [6.45, 7) is -2.31. The average molecular weight is 327 g/mol. The molecular weight excluding hydrogens is 317 g/mol. The molecule has 0 radical (unpaired) electrons. The topological polar surface area (TPSA) is 53.4 Å². The predicted octanol–water partition coefficient (Wildman–Crippen LogP) is 1.84. The molecule has 18 heavy (non-hydrogen) atoms. The molecule has 0 aliphatic heterocycles. The lowest BCUT2D eigenvalue weighted by molar-refractivity contribution is -0.141. The van der Waals surface area contributed by atoms with E-state index in [0.29, 0.717) is 9.50 Å². The van der Waals surface area contributed by atoms with E-state index in [9.17, 15) is 18.0 Å². The van der Waals surface area contributed by atoms with Crippen LogP contribution in [0.3, 0.4) is 0 Å². The Morgan fingerprint density at radius 3 is 2.67 bits per heavy atom. The van der Waals surface area contributed by atoms with Gasteiger partial charge >= 0.3 is 6.18 Å². The van der Waals surface area contributed by atoms with Gasteiger partial charge in [0.2, 0.25) is 0 Å². The summed E-state index contributed by atoms with van der Waals surface area (Å²) in [7, 11) is 0. The Bertz CT molecular complexity index is 426. The number of pyridine rings is 1. The molecule has 1 heterocycles. The highest BCUT2D eigenvalue weighted by molar-refractivity contribution is 9.10. The molecule has 8 heteroatoms. The van der Waals surface area contributed by atoms with Gasteiger partial charge in [-0.05, 0) is 28.1 Å². The maximum atomic E-state index is 12.3. The molecule has 0 atom stereocenters. The summed E-state index contributed by atoms with van der Waals surface area (Å²) in [6, 6.07) is 2.64. The zero-order valence-corrected chi connectivity index (χ0v) is 10.7. The summed E-state index contributed by atoms with van der Waals surface area (Å²) in [4.78, 5) is 16.2. The Labute approximate surface area is 110 Å². The van der Waals surface area contributed by atoms with Gasteiger partial charge in [-0.15, -0.1) is 0 Å². The van der Waals surface area contributed by atoms with Crippen LogP contribution in [-0.2, 0) is 0 Å². The Morgan fingerprint density at radius 1 is 1.50 bits per heavy atom. The SMILES string of the molecule is O=C(c1ccnc(Br)c1)N(CCO)CC(F)(F)F. The molecule has 0 spiro atoms. The first kappa shape index (κ1) is 14.9. The van der Waals surface area contributed by atoms with Crippen LogP contribution >= 0.6 is 15.9 Å². The second-order valence-corrected chi connectivity index (χ2v) is 4.25. The summed E-state index contributed by atoms with van der Waals surface area (Å²) >= 11 is 3.03. The molecule has 1 rings (SSSR count). The number of hydrogen-bond acceptors (Lipinski definition) is 3. The number of amides is 1. The molecule has 1 aromatic heterocycles. The number of alkyl halides is 3. The van der Waals surface area contributed by atoms with Crippen molar-refractivity contribution in [2.75, 3.05) is 19.7 Å². The van der Waals surface area contributed by atoms with E-state index in [1.165, 1.54) is 18.3 Å². The van der Waals surface area contributed by atoms with Crippen LogP contribution in [0, 0.1) is 0 Å². The number of halogens is 4. The Balaban J connectivity index is 2.89. The standard InChI is InChI=1S/C10H10BrF3N2O2/c11-8-5-7(1-2-15-8)9(18)16(3-4-17)6-10(12,13)14/h1-2,5,17H,3-4,6H2. The second-order valence-electron chi connectivity index (χ2n) is 3.43. The molecule has 0 aliphatic carbocycles. The quantitative estimate of drug-likeness (QED) is 0.859. The van der Waals surface area contributed by atoms with Gasteiger partial charge in [0, 0.05) is 18.3 Å². The maximum absolute atomic E-state index is 12.3. The number of aliphatic hydroxyl groups is 1. The van der Waals surface area contributed by atoms with Crippen LogP contribution in [0.2, 0.25) is 0 Å². The fourth-order valence-corrected chi connectivity index (χ4v) is 1.67. The maximum Gasteiger partial charge on any atom is 0.406 e. The summed E-state index contributed by atoms with van der Waals surface area (Å²) in [6.07, 6.45) is -3.20. The van der Waals surface area contributed by atoms with Gasteiger partial charge in [0.25, 0.3) is 5.91 Å². The van der Waals surface area contributed by atoms with Crippen LogP contribution in [-0.4, -0.2) is 46.8 Å². The van der Waals surface area contributed by atoms with Crippen molar-refractivity contribution in [2.45, 2.75) is 6.18 Å². The first-order valence-corrected chi connectivity index (χ1v) is 5.71. The molecule has 100 valence electrons. The van der Waals surface area contributed by atoms with Crippen LogP contribution in [0.5, 0.6) is 0 Å². The molecule has 0 aliphatic rings. The van der Waals surface area contributed by atoms with Gasteiger partial charge in [0.05, 0.1) is 6.61 Å². The number of aliphatic hydroxyl groups excluding tert-OH is 1. The summed E-state index contributed by atoms with van der Waals surface area (Å²) in [5, 5.41) is 8.70. The number of aromatic nitrogens is 1. The third-order valence-corrected chi connectivity index (χ3v) is 2.43. The third kappa shape index (κ3) is 4.61. The van der Waals surface area contributed by atoms with Crippen molar-refractivity contribution in [3.63, 3.8) is 0 Å². The van der Waals surface area contributed by atoms with Gasteiger partial charge in [-0.3, -0.25) is 4.79 Å². The number of carbonyl (C=O) groups excluding carboxylic acids is 1. The van der Waals surface area contributed by atoms with E-state index in [1.54, 1.807) is 0 Å². The van der Waals surface area contributed by atoms with E-state index in [1.807, 2.05) is 0 Å². The fourth-order valence-electron chi connectivity index (χ4n) is 1.31. The highest BCUT2D eigenvalue weighted by Gasteiger charge is 2.33. The van der Waals surface area contributed by atoms with E-state index >= 15 is 0 Å². The molecule has 0 bridgehead atoms. The minimum atomic E-state index is -4.50. The van der Waals surface area contributed by atoms with Crippen LogP contribution in [0.1, 0.15) is 10.4 Å². The van der Waals surface area contributed by atoms with Crippen molar-refractivity contribution in [3.05, 3.63) is 28.5 Å². The van der Waals surface area contributed by atoms with Gasteiger partial charge in [-0.25, -0.2) is 4.98 Å². The lowest BCUT2D eigenvalue weighted by Gasteiger charge is -2.23. The van der Waals surface area contributed by atoms with Crippen LogP contribution in [0.15, 0.2) is 22.9 Å². The molecule has 1 amide bonds. The van der Waals surface area contributed by atoms with Crippen molar-refractivity contribution < 1.29 is 23.1 Å². The van der Waals surface area contributed by atoms with Gasteiger partial charge in [-0.2, -0.15) is 13.2 Å². The van der Waals surface area contributed by atoms with E-state index in [2.05, 4.69) is 20.9 Å². The first-order valence-electron chi connectivity index (χ1n) is 4.92. The number of rotatable bonds is 4. The minimum absolute atomic E-state index is 0.0783. The third-order valence-electron chi connectivity index (χ3n) is 2.00. The normalized spacial score (nSPS) is 11.4. The molecule has 0 fully saturated rings. The highest BCUT2D eigenvalue weighted by atomic mass is 79.9. The van der Waals surface area contributed by atoms with Crippen molar-refractivity contribution in [1.82, 2.24) is 9.88 Å². The van der Waals surface area contributed by atoms with Crippen molar-refractivity contribution in [1.29, 1.82) is 0 Å². The van der Waals surface area contributed by atoms with Gasteiger partial charge in [0.1, 0.15) is 11.1 Å². The number of nitrogens with zero attached hydrogens (tertiary/aromatic N) is 2. The van der Waals surface area contributed by atoms with Crippen LogP contribution < -0.4 is 0 Å². The molecule has 0 aromatic carbocycles. The Kier molecular flexibility index (Phi) is 5.09. The minimum Gasteiger partial charge on any atom is -0.395 e. The smallest absolute Gasteiger partial charge is 0.395 e. The van der Waals surface area contributed by atoms with E-state index in [-0.39, 0.29) is 12.1 Å². The molecule has 0 unspecified atom stereocenters. The lowest BCUT2D eigenvalue weighted by Crippen LogP contribution is -2.40. The van der Waals surface area contributed by atoms with E-state index in [0.717, 1.165) is 0 Å². The largest absolute Gasteiger partial charge is 0.406 e. The van der Waals surface area contributed by atoms with Gasteiger partial charge < -0.3 is 10.0 Å². The molecule has 0 saturated heterocycles. The fraction of sp³-hybridized carbons (Fsp3) is 0.400. The highest BCUT2D eigenvalue weighted by Crippen LogP contribution is 2.18. The van der Waals surface area contributed by atoms with Crippen molar-refractivity contribution in [3.8, 4) is 0 Å². The molecular formula is C10H10BrF3N2O2. The second kappa shape index (κ2) is 6.14. The molecule has 1 aromatic rings. The van der Waals surface area contributed by atoms with Crippen molar-refractivity contribution in [2.24, 2.45) is 0 Å². The Hall–Kier alpha value is -1.15. The van der Waals surface area contributed by atoms with Gasteiger partial charge in [0.15, 0.2) is 0 Å². The number of hydrogen-bond donors (Lipinski definition) is 1. The molecule has 1 N–H and O–H groups in total. The van der Waals surface area contributed by atoms with Crippen LogP contribution in [0.4, 0.5) is 13.2 Å². The monoisotopic (exact) mass is 326 g/mol. The first-order chi connectivity index (χ1) is 8.33.